The van der Waals surface area contributed by atoms with Gasteiger partial charge in [-0.25, -0.2) is 17.7 Å². The predicted molar refractivity (Wildman–Crippen MR) is 106 cm³/mol. The van der Waals surface area contributed by atoms with Gasteiger partial charge in [0, 0.05) is 25.2 Å². The van der Waals surface area contributed by atoms with Crippen molar-refractivity contribution >= 4 is 33.4 Å². The lowest BCUT2D eigenvalue weighted by molar-refractivity contribution is -0.115. The normalized spacial score (nSPS) is 13.6. The summed E-state index contributed by atoms with van der Waals surface area (Å²) in [7, 11) is -0.642. The number of nitrogens with zero attached hydrogens (tertiary/aromatic N) is 3. The van der Waals surface area contributed by atoms with Crippen molar-refractivity contribution in [3.63, 3.8) is 0 Å². The molecule has 0 saturated heterocycles. The van der Waals surface area contributed by atoms with Crippen molar-refractivity contribution in [2.45, 2.75) is 48.4 Å². The summed E-state index contributed by atoms with van der Waals surface area (Å²) in [5.41, 5.74) is 0.260. The summed E-state index contributed by atoms with van der Waals surface area (Å²) in [5, 5.41) is 9.81. The molecule has 0 fully saturated rings. The maximum absolute atomic E-state index is 12.5. The predicted octanol–water partition coefficient (Wildman–Crippen LogP) is 2.47. The number of thioether (sulfide) groups is 1. The average Bonchev–Trinajstić information content (AvgIpc) is 3.03. The molecule has 148 valence electrons. The van der Waals surface area contributed by atoms with Gasteiger partial charge in [0.05, 0.1) is 10.1 Å². The van der Waals surface area contributed by atoms with Crippen LogP contribution in [-0.4, -0.2) is 53.2 Å². The number of nitrogens with one attached hydrogen (secondary N) is 2. The monoisotopic (exact) mass is 411 g/mol. The molecule has 0 radical (unpaired) electrons. The molecular formula is C17H25N5O3S2. The van der Waals surface area contributed by atoms with Gasteiger partial charge in [-0.3, -0.25) is 9.89 Å². The van der Waals surface area contributed by atoms with Crippen LogP contribution in [0, 0.1) is 0 Å². The lowest BCUT2D eigenvalue weighted by atomic mass is 9.96. The lowest BCUT2D eigenvalue weighted by Crippen LogP contribution is -2.24. The van der Waals surface area contributed by atoms with E-state index in [0.29, 0.717) is 10.8 Å². The molecule has 0 aliphatic rings. The topological polar surface area (TPSA) is 108 Å². The Kier molecular flexibility index (Phi) is 6.33. The summed E-state index contributed by atoms with van der Waals surface area (Å²) in [5.74, 6) is 0.487. The molecular weight excluding hydrogens is 386 g/mol. The average molecular weight is 412 g/mol. The molecule has 2 N–H and O–H groups in total. The smallest absolute Gasteiger partial charge is 0.242 e. The van der Waals surface area contributed by atoms with Crippen molar-refractivity contribution < 1.29 is 13.2 Å². The number of rotatable bonds is 6. The second kappa shape index (κ2) is 7.99. The molecule has 0 unspecified atom stereocenters. The molecule has 0 aliphatic carbocycles. The largest absolute Gasteiger partial charge is 0.325 e. The Balaban J connectivity index is 2.08. The van der Waals surface area contributed by atoms with E-state index < -0.39 is 15.3 Å². The molecule has 1 aromatic carbocycles. The molecule has 0 aliphatic heterocycles. The van der Waals surface area contributed by atoms with Crippen LogP contribution in [0.2, 0.25) is 0 Å². The van der Waals surface area contributed by atoms with E-state index in [2.05, 4.69) is 20.5 Å². The van der Waals surface area contributed by atoms with Gasteiger partial charge in [-0.2, -0.15) is 0 Å². The van der Waals surface area contributed by atoms with Gasteiger partial charge in [0.2, 0.25) is 21.1 Å². The Labute approximate surface area is 164 Å². The van der Waals surface area contributed by atoms with Gasteiger partial charge < -0.3 is 5.32 Å². The van der Waals surface area contributed by atoms with Crippen molar-refractivity contribution in [1.82, 2.24) is 19.5 Å². The molecule has 1 aromatic heterocycles. The van der Waals surface area contributed by atoms with E-state index in [0.717, 1.165) is 10.1 Å². The zero-order valence-electron chi connectivity index (χ0n) is 16.3. The maximum atomic E-state index is 12.5. The fourth-order valence-corrected chi connectivity index (χ4v) is 3.71. The molecule has 10 heteroatoms. The Hall–Kier alpha value is -1.91. The number of hydrogen-bond acceptors (Lipinski definition) is 6. The number of H-pyrrole nitrogens is 1. The maximum Gasteiger partial charge on any atom is 0.242 e. The number of sulfonamides is 1. The zero-order chi connectivity index (χ0) is 20.4. The van der Waals surface area contributed by atoms with E-state index in [9.17, 15) is 13.2 Å². The molecule has 1 amide bonds. The molecule has 1 atom stereocenters. The summed E-state index contributed by atoms with van der Waals surface area (Å²) >= 11 is 1.23. The fourth-order valence-electron chi connectivity index (χ4n) is 2.04. The van der Waals surface area contributed by atoms with Crippen LogP contribution >= 0.6 is 11.8 Å². The van der Waals surface area contributed by atoms with Crippen LogP contribution in [0.1, 0.15) is 33.5 Å². The third kappa shape index (κ3) is 5.30. The highest BCUT2D eigenvalue weighted by atomic mass is 32.2. The lowest BCUT2D eigenvalue weighted by Gasteiger charge is -2.14. The molecule has 8 nitrogen and oxygen atoms in total. The van der Waals surface area contributed by atoms with Crippen molar-refractivity contribution in [1.29, 1.82) is 0 Å². The van der Waals surface area contributed by atoms with Crippen LogP contribution < -0.4 is 5.32 Å². The minimum Gasteiger partial charge on any atom is -0.325 e. The highest BCUT2D eigenvalue weighted by Crippen LogP contribution is 2.25. The third-order valence-corrected chi connectivity index (χ3v) is 6.48. The van der Waals surface area contributed by atoms with Crippen molar-refractivity contribution in [3.8, 4) is 0 Å². The van der Waals surface area contributed by atoms with Gasteiger partial charge in [-0.1, -0.05) is 38.6 Å². The quantitative estimate of drug-likeness (QED) is 0.707. The molecule has 2 rings (SSSR count). The van der Waals surface area contributed by atoms with Crippen LogP contribution in [0.4, 0.5) is 5.69 Å². The second-order valence-corrected chi connectivity index (χ2v) is 10.7. The van der Waals surface area contributed by atoms with E-state index in [1.165, 1.54) is 38.0 Å². The van der Waals surface area contributed by atoms with Crippen LogP contribution in [-0.2, 0) is 20.2 Å². The summed E-state index contributed by atoms with van der Waals surface area (Å²) in [6.07, 6.45) is 0. The highest BCUT2D eigenvalue weighted by molar-refractivity contribution is 8.00. The summed E-state index contributed by atoms with van der Waals surface area (Å²) in [6, 6.07) is 6.17. The minimum absolute atomic E-state index is 0.120. The van der Waals surface area contributed by atoms with E-state index in [4.69, 9.17) is 0 Å². The molecule has 1 heterocycles. The van der Waals surface area contributed by atoms with E-state index in [1.54, 1.807) is 19.1 Å². The standard InChI is InChI=1S/C17H25N5O3S2/c1-11(26-16-19-15(20-21-16)17(2,3)4)14(23)18-12-8-7-9-13(10-12)27(24,25)22(5)6/h7-11H,1-6H3,(H,18,23)(H,19,20,21)/t11-/m1/s1. The van der Waals surface area contributed by atoms with Crippen molar-refractivity contribution in [2.24, 2.45) is 0 Å². The van der Waals surface area contributed by atoms with Gasteiger partial charge in [-0.15, -0.1) is 5.10 Å². The number of aromatic amines is 1. The molecule has 0 spiro atoms. The Morgan fingerprint density at radius 2 is 1.96 bits per heavy atom. The zero-order valence-corrected chi connectivity index (χ0v) is 17.9. The molecule has 27 heavy (non-hydrogen) atoms. The first-order valence-electron chi connectivity index (χ1n) is 8.34. The third-order valence-electron chi connectivity index (χ3n) is 3.71. The first kappa shape index (κ1) is 21.4. The first-order chi connectivity index (χ1) is 12.4. The van der Waals surface area contributed by atoms with Gasteiger partial charge in [-0.05, 0) is 25.1 Å². The minimum atomic E-state index is -3.56. The number of anilines is 1. The van der Waals surface area contributed by atoms with Gasteiger partial charge in [0.1, 0.15) is 5.82 Å². The first-order valence-corrected chi connectivity index (χ1v) is 10.7. The van der Waals surface area contributed by atoms with Gasteiger partial charge >= 0.3 is 0 Å². The Morgan fingerprint density at radius 1 is 1.30 bits per heavy atom. The van der Waals surface area contributed by atoms with Crippen molar-refractivity contribution in [3.05, 3.63) is 30.1 Å². The number of aromatic nitrogens is 3. The fraction of sp³-hybridized carbons (Fsp3) is 0.471. The number of amides is 1. The van der Waals surface area contributed by atoms with E-state index in [-0.39, 0.29) is 16.2 Å². The molecule has 2 aromatic rings. The van der Waals surface area contributed by atoms with Crippen LogP contribution in [0.15, 0.2) is 34.3 Å². The van der Waals surface area contributed by atoms with Crippen LogP contribution in [0.3, 0.4) is 0 Å². The van der Waals surface area contributed by atoms with Gasteiger partial charge in [0.15, 0.2) is 0 Å². The summed E-state index contributed by atoms with van der Waals surface area (Å²) in [6.45, 7) is 7.81. The van der Waals surface area contributed by atoms with Gasteiger partial charge in [0.25, 0.3) is 0 Å². The number of carbonyl (C=O) groups excluding carboxylic acids is 1. The molecule has 0 bridgehead atoms. The molecule has 0 saturated carbocycles. The second-order valence-electron chi connectivity index (χ2n) is 7.28. The Bertz CT molecular complexity index is 917. The van der Waals surface area contributed by atoms with Crippen molar-refractivity contribution in [2.75, 3.05) is 19.4 Å². The number of carbonyl (C=O) groups is 1. The van der Waals surface area contributed by atoms with Crippen LogP contribution in [0.25, 0.3) is 0 Å². The summed E-state index contributed by atoms with van der Waals surface area (Å²) < 4.78 is 25.6. The Morgan fingerprint density at radius 3 is 2.52 bits per heavy atom. The van der Waals surface area contributed by atoms with E-state index >= 15 is 0 Å². The van der Waals surface area contributed by atoms with E-state index in [1.807, 2.05) is 20.8 Å². The number of benzene rings is 1. The van der Waals surface area contributed by atoms with Crippen LogP contribution in [0.5, 0.6) is 0 Å². The highest BCUT2D eigenvalue weighted by Gasteiger charge is 2.22. The SMILES string of the molecule is C[C@@H](Sc1n[nH]c(C(C)(C)C)n1)C(=O)Nc1cccc(S(=O)(=O)N(C)C)c1. The summed E-state index contributed by atoms with van der Waals surface area (Å²) in [4.78, 5) is 17.0. The number of hydrogen-bond donors (Lipinski definition) is 2.